The summed E-state index contributed by atoms with van der Waals surface area (Å²) in [7, 11) is 1.71. The van der Waals surface area contributed by atoms with E-state index in [4.69, 9.17) is 4.74 Å². The van der Waals surface area contributed by atoms with Gasteiger partial charge in [-0.25, -0.2) is 15.0 Å². The van der Waals surface area contributed by atoms with Crippen molar-refractivity contribution < 1.29 is 4.74 Å². The van der Waals surface area contributed by atoms with E-state index in [-0.39, 0.29) is 6.04 Å². The first-order chi connectivity index (χ1) is 12.9. The normalized spacial score (nSPS) is 12.7. The van der Waals surface area contributed by atoms with Crippen LogP contribution in [0.15, 0.2) is 29.0 Å². The van der Waals surface area contributed by atoms with Gasteiger partial charge in [-0.1, -0.05) is 26.8 Å². The molecule has 2 heterocycles. The lowest BCUT2D eigenvalue weighted by Crippen LogP contribution is -2.25. The number of aromatic nitrogens is 4. The quantitative estimate of drug-likeness (QED) is 0.579. The molecule has 1 unspecified atom stereocenters. The van der Waals surface area contributed by atoms with Crippen LogP contribution in [0.5, 0.6) is 0 Å². The molecule has 0 aliphatic carbocycles. The van der Waals surface area contributed by atoms with Gasteiger partial charge in [0.05, 0.1) is 18.3 Å². The van der Waals surface area contributed by atoms with E-state index < -0.39 is 0 Å². The molecule has 0 fully saturated rings. The number of halogens is 1. The Morgan fingerprint density at radius 2 is 2.04 bits per heavy atom. The van der Waals surface area contributed by atoms with E-state index in [1.54, 1.807) is 13.4 Å². The SMILES string of the molecule is CCC(COC)Nc1nc(C)nc2c1ncn2-c1ccc(C(C)C)cc1Br. The van der Waals surface area contributed by atoms with Crippen molar-refractivity contribution in [1.29, 1.82) is 0 Å². The largest absolute Gasteiger partial charge is 0.383 e. The number of hydrogen-bond acceptors (Lipinski definition) is 5. The Balaban J connectivity index is 2.07. The number of aryl methyl sites for hydroxylation is 1. The molecule has 3 rings (SSSR count). The number of hydrogen-bond donors (Lipinski definition) is 1. The van der Waals surface area contributed by atoms with Gasteiger partial charge in [0.2, 0.25) is 0 Å². The third-order valence-electron chi connectivity index (χ3n) is 4.61. The molecule has 0 bridgehead atoms. The van der Waals surface area contributed by atoms with Crippen LogP contribution in [-0.4, -0.2) is 39.3 Å². The zero-order valence-electron chi connectivity index (χ0n) is 16.5. The fourth-order valence-electron chi connectivity index (χ4n) is 3.02. The maximum atomic E-state index is 5.29. The Morgan fingerprint density at radius 1 is 1.26 bits per heavy atom. The Bertz CT molecular complexity index is 938. The predicted octanol–water partition coefficient (Wildman–Crippen LogP) is 4.85. The Labute approximate surface area is 168 Å². The van der Waals surface area contributed by atoms with Gasteiger partial charge in [-0.2, -0.15) is 0 Å². The van der Waals surface area contributed by atoms with Crippen LogP contribution in [0.3, 0.4) is 0 Å². The Morgan fingerprint density at radius 3 is 2.67 bits per heavy atom. The van der Waals surface area contributed by atoms with E-state index in [2.05, 4.69) is 75.2 Å². The minimum absolute atomic E-state index is 0.176. The van der Waals surface area contributed by atoms with Crippen molar-refractivity contribution in [1.82, 2.24) is 19.5 Å². The highest BCUT2D eigenvalue weighted by molar-refractivity contribution is 9.10. The number of fused-ring (bicyclic) bond motifs is 1. The topological polar surface area (TPSA) is 64.9 Å². The average molecular weight is 432 g/mol. The molecule has 6 nitrogen and oxygen atoms in total. The fraction of sp³-hybridized carbons (Fsp3) is 0.450. The first-order valence-electron chi connectivity index (χ1n) is 9.21. The van der Waals surface area contributed by atoms with E-state index in [1.807, 2.05) is 11.5 Å². The van der Waals surface area contributed by atoms with Crippen molar-refractivity contribution in [3.8, 4) is 5.69 Å². The number of imidazole rings is 1. The van der Waals surface area contributed by atoms with Crippen LogP contribution in [0.25, 0.3) is 16.9 Å². The summed E-state index contributed by atoms with van der Waals surface area (Å²) in [4.78, 5) is 13.8. The lowest BCUT2D eigenvalue weighted by Gasteiger charge is -2.17. The number of ether oxygens (including phenoxy) is 1. The van der Waals surface area contributed by atoms with Gasteiger partial charge >= 0.3 is 0 Å². The molecule has 1 aromatic carbocycles. The molecule has 1 N–H and O–H groups in total. The van der Waals surface area contributed by atoms with E-state index in [1.165, 1.54) is 5.56 Å². The lowest BCUT2D eigenvalue weighted by molar-refractivity contribution is 0.184. The highest BCUT2D eigenvalue weighted by atomic mass is 79.9. The fourth-order valence-corrected chi connectivity index (χ4v) is 3.61. The molecule has 0 radical (unpaired) electrons. The van der Waals surface area contributed by atoms with Gasteiger partial charge in [-0.15, -0.1) is 0 Å². The predicted molar refractivity (Wildman–Crippen MR) is 113 cm³/mol. The van der Waals surface area contributed by atoms with Crippen molar-refractivity contribution in [2.24, 2.45) is 0 Å². The number of rotatable bonds is 7. The maximum Gasteiger partial charge on any atom is 0.170 e. The van der Waals surface area contributed by atoms with E-state index >= 15 is 0 Å². The average Bonchev–Trinajstić information content (AvgIpc) is 3.04. The molecule has 2 aromatic heterocycles. The van der Waals surface area contributed by atoms with Crippen molar-refractivity contribution in [3.05, 3.63) is 40.4 Å². The van der Waals surface area contributed by atoms with E-state index in [9.17, 15) is 0 Å². The smallest absolute Gasteiger partial charge is 0.170 e. The third kappa shape index (κ3) is 4.14. The van der Waals surface area contributed by atoms with Crippen LogP contribution in [0.2, 0.25) is 0 Å². The third-order valence-corrected chi connectivity index (χ3v) is 5.24. The summed E-state index contributed by atoms with van der Waals surface area (Å²) in [6.07, 6.45) is 2.73. The maximum absolute atomic E-state index is 5.29. The summed E-state index contributed by atoms with van der Waals surface area (Å²) < 4.78 is 8.31. The van der Waals surface area contributed by atoms with Crippen molar-refractivity contribution in [2.75, 3.05) is 19.0 Å². The van der Waals surface area contributed by atoms with Crippen molar-refractivity contribution >= 4 is 32.9 Å². The number of nitrogens with zero attached hydrogens (tertiary/aromatic N) is 4. The molecule has 0 saturated carbocycles. The molecule has 144 valence electrons. The second-order valence-corrected chi connectivity index (χ2v) is 7.83. The zero-order chi connectivity index (χ0) is 19.6. The Kier molecular flexibility index (Phi) is 6.11. The van der Waals surface area contributed by atoms with E-state index in [0.717, 1.165) is 33.6 Å². The van der Waals surface area contributed by atoms with E-state index in [0.29, 0.717) is 18.3 Å². The summed E-state index contributed by atoms with van der Waals surface area (Å²) in [6, 6.07) is 6.58. The molecule has 0 saturated heterocycles. The molecule has 0 spiro atoms. The molecule has 0 aliphatic rings. The second-order valence-electron chi connectivity index (χ2n) is 6.98. The first-order valence-corrected chi connectivity index (χ1v) is 10.0. The van der Waals surface area contributed by atoms with Gasteiger partial charge in [0.1, 0.15) is 12.2 Å². The molecule has 1 atom stereocenters. The Hall–Kier alpha value is -1.99. The number of nitrogens with one attached hydrogen (secondary N) is 1. The summed E-state index contributed by atoms with van der Waals surface area (Å²) in [6.45, 7) is 9.01. The van der Waals surface area contributed by atoms with Crippen LogP contribution < -0.4 is 5.32 Å². The summed E-state index contributed by atoms with van der Waals surface area (Å²) >= 11 is 3.71. The minimum atomic E-state index is 0.176. The minimum Gasteiger partial charge on any atom is -0.383 e. The van der Waals surface area contributed by atoms with Crippen LogP contribution >= 0.6 is 15.9 Å². The summed E-state index contributed by atoms with van der Waals surface area (Å²) in [5.74, 6) is 1.92. The second kappa shape index (κ2) is 8.35. The summed E-state index contributed by atoms with van der Waals surface area (Å²) in [5, 5.41) is 3.45. The zero-order valence-corrected chi connectivity index (χ0v) is 18.0. The summed E-state index contributed by atoms with van der Waals surface area (Å²) in [5.41, 5.74) is 3.84. The molecule has 3 aromatic rings. The molecule has 0 amide bonds. The van der Waals surface area contributed by atoms with Gasteiger partial charge < -0.3 is 10.1 Å². The van der Waals surface area contributed by atoms with Crippen LogP contribution in [0.1, 0.15) is 44.5 Å². The van der Waals surface area contributed by atoms with Gasteiger partial charge in [0, 0.05) is 11.6 Å². The van der Waals surface area contributed by atoms with Gasteiger partial charge in [-0.05, 0) is 52.9 Å². The van der Waals surface area contributed by atoms with Crippen molar-refractivity contribution in [2.45, 2.75) is 46.1 Å². The van der Waals surface area contributed by atoms with Crippen LogP contribution in [0, 0.1) is 6.92 Å². The lowest BCUT2D eigenvalue weighted by atomic mass is 10.0. The van der Waals surface area contributed by atoms with Gasteiger partial charge in [-0.3, -0.25) is 4.57 Å². The van der Waals surface area contributed by atoms with Crippen LogP contribution in [-0.2, 0) is 4.74 Å². The van der Waals surface area contributed by atoms with Crippen LogP contribution in [0.4, 0.5) is 5.82 Å². The van der Waals surface area contributed by atoms with Gasteiger partial charge in [0.15, 0.2) is 17.0 Å². The standard InChI is InChI=1S/C20H26BrN5O/c1-6-15(10-27-5)25-19-18-20(24-13(4)23-19)26(11-22-18)17-8-7-14(12(2)3)9-16(17)21/h7-9,11-12,15H,6,10H2,1-5H3,(H,23,24,25). The molecular weight excluding hydrogens is 406 g/mol. The molecule has 0 aliphatic heterocycles. The first kappa shape index (κ1) is 19.8. The monoisotopic (exact) mass is 431 g/mol. The molecule has 27 heavy (non-hydrogen) atoms. The van der Waals surface area contributed by atoms with Crippen molar-refractivity contribution in [3.63, 3.8) is 0 Å². The molecule has 7 heteroatoms. The highest BCUT2D eigenvalue weighted by Crippen LogP contribution is 2.29. The number of anilines is 1. The number of methoxy groups -OCH3 is 1. The number of benzene rings is 1. The highest BCUT2D eigenvalue weighted by Gasteiger charge is 2.17. The molecular formula is C20H26BrN5O. The van der Waals surface area contributed by atoms with Gasteiger partial charge in [0.25, 0.3) is 0 Å².